The second-order valence-corrected chi connectivity index (χ2v) is 10.4. The van der Waals surface area contributed by atoms with E-state index in [1.165, 1.54) is 11.3 Å². The Morgan fingerprint density at radius 2 is 1.77 bits per heavy atom. The van der Waals surface area contributed by atoms with Gasteiger partial charge in [0, 0.05) is 18.7 Å². The van der Waals surface area contributed by atoms with Crippen LogP contribution >= 0.6 is 11.3 Å². The van der Waals surface area contributed by atoms with Gasteiger partial charge in [-0.25, -0.2) is 4.99 Å². The summed E-state index contributed by atoms with van der Waals surface area (Å²) in [7, 11) is 3.18. The summed E-state index contributed by atoms with van der Waals surface area (Å²) in [6, 6.07) is 12.4. The maximum atomic E-state index is 14.0. The average Bonchev–Trinajstić information content (AvgIpc) is 3.22. The minimum absolute atomic E-state index is 0.0000887. The fourth-order valence-corrected chi connectivity index (χ4v) is 5.79. The van der Waals surface area contributed by atoms with Crippen molar-refractivity contribution in [1.29, 1.82) is 0 Å². The number of carbonyl (C=O) groups is 1. The minimum atomic E-state index is -0.677. The number of nitrogens with zero attached hydrogens (tertiary/aromatic N) is 3. The Hall–Kier alpha value is -3.85. The lowest BCUT2D eigenvalue weighted by atomic mass is 9.94. The minimum Gasteiger partial charge on any atom is -0.496 e. The van der Waals surface area contributed by atoms with E-state index in [0.29, 0.717) is 50.9 Å². The van der Waals surface area contributed by atoms with Gasteiger partial charge in [-0.2, -0.15) is 0 Å². The molecule has 1 amide bonds. The highest BCUT2D eigenvalue weighted by Gasteiger charge is 2.35. The van der Waals surface area contributed by atoms with Crippen molar-refractivity contribution in [3.8, 4) is 17.2 Å². The van der Waals surface area contributed by atoms with Gasteiger partial charge in [-0.15, -0.1) is 0 Å². The molecular weight excluding hydrogens is 514 g/mol. The van der Waals surface area contributed by atoms with Crippen molar-refractivity contribution in [1.82, 2.24) is 9.47 Å². The van der Waals surface area contributed by atoms with Crippen LogP contribution in [0.4, 0.5) is 0 Å². The van der Waals surface area contributed by atoms with E-state index in [1.54, 1.807) is 23.7 Å². The zero-order valence-corrected chi connectivity index (χ0v) is 24.3. The van der Waals surface area contributed by atoms with Crippen LogP contribution in [0.25, 0.3) is 6.08 Å². The number of amides is 1. The third-order valence-corrected chi connectivity index (χ3v) is 7.57. The quantitative estimate of drug-likeness (QED) is 0.404. The van der Waals surface area contributed by atoms with E-state index < -0.39 is 6.04 Å². The number of hydrogen-bond donors (Lipinski definition) is 0. The van der Waals surface area contributed by atoms with Crippen LogP contribution in [0.5, 0.6) is 17.2 Å². The first-order chi connectivity index (χ1) is 18.7. The molecule has 1 atom stereocenters. The van der Waals surface area contributed by atoms with Crippen molar-refractivity contribution in [2.24, 2.45) is 4.99 Å². The largest absolute Gasteiger partial charge is 0.496 e. The molecule has 0 N–H and O–H groups in total. The molecule has 1 aromatic heterocycles. The number of hydrogen-bond acceptors (Lipinski definition) is 7. The molecule has 39 heavy (non-hydrogen) atoms. The molecule has 9 heteroatoms. The second-order valence-electron chi connectivity index (χ2n) is 9.38. The molecule has 0 unspecified atom stereocenters. The Labute approximate surface area is 232 Å². The number of rotatable bonds is 9. The monoisotopic (exact) mass is 549 g/mol. The number of ether oxygens (including phenoxy) is 3. The normalized spacial score (nSPS) is 15.2. The Morgan fingerprint density at radius 1 is 1.08 bits per heavy atom. The Kier molecular flexibility index (Phi) is 8.60. The smallest absolute Gasteiger partial charge is 0.271 e. The van der Waals surface area contributed by atoms with E-state index in [9.17, 15) is 9.59 Å². The fraction of sp³-hybridized carbons (Fsp3) is 0.367. The van der Waals surface area contributed by atoms with Crippen LogP contribution in [-0.2, 0) is 4.79 Å². The molecule has 1 aliphatic rings. The van der Waals surface area contributed by atoms with Gasteiger partial charge in [0.05, 0.1) is 36.1 Å². The molecule has 0 radical (unpaired) electrons. The highest BCUT2D eigenvalue weighted by Crippen LogP contribution is 2.36. The van der Waals surface area contributed by atoms with Gasteiger partial charge in [0.25, 0.3) is 11.5 Å². The molecule has 0 saturated heterocycles. The van der Waals surface area contributed by atoms with Crippen molar-refractivity contribution in [2.45, 2.75) is 46.8 Å². The van der Waals surface area contributed by atoms with Gasteiger partial charge in [-0.1, -0.05) is 35.6 Å². The van der Waals surface area contributed by atoms with Gasteiger partial charge >= 0.3 is 0 Å². The lowest BCUT2D eigenvalue weighted by Gasteiger charge is -2.29. The molecule has 0 aliphatic carbocycles. The summed E-state index contributed by atoms with van der Waals surface area (Å²) < 4.78 is 19.1. The van der Waals surface area contributed by atoms with Gasteiger partial charge in [0.15, 0.2) is 16.3 Å². The van der Waals surface area contributed by atoms with Crippen LogP contribution in [0.1, 0.15) is 51.8 Å². The standard InChI is InChI=1S/C30H35N3O5S/c1-8-32(9-2)29(35)26-19(5)31-30-33(27(26)21-12-10-11-13-22(21)36-6)28(34)25(39-30)17-20-14-15-23(38-18(3)4)24(16-20)37-7/h10-18,27H,8-9H2,1-7H3/b25-17+/t27-/m1/s1. The molecule has 206 valence electrons. The molecule has 4 rings (SSSR count). The third kappa shape index (κ3) is 5.49. The molecule has 3 aromatic rings. The summed E-state index contributed by atoms with van der Waals surface area (Å²) in [5.41, 5.74) is 2.35. The maximum Gasteiger partial charge on any atom is 0.271 e. The van der Waals surface area contributed by atoms with E-state index in [-0.39, 0.29) is 17.6 Å². The van der Waals surface area contributed by atoms with Gasteiger partial charge in [-0.3, -0.25) is 14.2 Å². The number of methoxy groups -OCH3 is 2. The summed E-state index contributed by atoms with van der Waals surface area (Å²) in [4.78, 5) is 34.8. The number of fused-ring (bicyclic) bond motifs is 1. The molecule has 1 aliphatic heterocycles. The van der Waals surface area contributed by atoms with Crippen LogP contribution in [0.3, 0.4) is 0 Å². The molecule has 0 bridgehead atoms. The second kappa shape index (κ2) is 11.9. The van der Waals surface area contributed by atoms with Crippen LogP contribution in [0.2, 0.25) is 0 Å². The first kappa shape index (κ1) is 28.2. The number of likely N-dealkylation sites (N-methyl/N-ethyl adjacent to an activating group) is 1. The van der Waals surface area contributed by atoms with Crippen molar-refractivity contribution in [2.75, 3.05) is 27.3 Å². The van der Waals surface area contributed by atoms with Gasteiger partial charge in [0.2, 0.25) is 0 Å². The Bertz CT molecular complexity index is 1580. The molecule has 8 nitrogen and oxygen atoms in total. The molecule has 0 spiro atoms. The molecule has 2 heterocycles. The Morgan fingerprint density at radius 3 is 2.41 bits per heavy atom. The van der Waals surface area contributed by atoms with Gasteiger partial charge in [0.1, 0.15) is 11.8 Å². The highest BCUT2D eigenvalue weighted by molar-refractivity contribution is 7.07. The number of benzene rings is 2. The van der Waals surface area contributed by atoms with Gasteiger partial charge < -0.3 is 19.1 Å². The predicted molar refractivity (Wildman–Crippen MR) is 153 cm³/mol. The van der Waals surface area contributed by atoms with E-state index in [0.717, 1.165) is 11.1 Å². The maximum absolute atomic E-state index is 14.0. The lowest BCUT2D eigenvalue weighted by molar-refractivity contribution is -0.127. The number of para-hydroxylation sites is 1. The van der Waals surface area contributed by atoms with Crippen molar-refractivity contribution in [3.05, 3.63) is 84.5 Å². The predicted octanol–water partition coefficient (Wildman–Crippen LogP) is 3.91. The number of aromatic nitrogens is 1. The number of carbonyl (C=O) groups excluding carboxylic acids is 1. The molecular formula is C30H35N3O5S. The van der Waals surface area contributed by atoms with Gasteiger partial charge in [-0.05, 0) is 64.5 Å². The summed E-state index contributed by atoms with van der Waals surface area (Å²) >= 11 is 1.29. The van der Waals surface area contributed by atoms with Crippen molar-refractivity contribution < 1.29 is 19.0 Å². The van der Waals surface area contributed by atoms with Crippen molar-refractivity contribution in [3.63, 3.8) is 0 Å². The summed E-state index contributed by atoms with van der Waals surface area (Å²) in [5, 5.41) is 0. The highest BCUT2D eigenvalue weighted by atomic mass is 32.1. The zero-order chi connectivity index (χ0) is 28.3. The van der Waals surface area contributed by atoms with E-state index in [2.05, 4.69) is 0 Å². The van der Waals surface area contributed by atoms with Crippen LogP contribution < -0.4 is 29.1 Å². The molecule has 0 saturated carbocycles. The van der Waals surface area contributed by atoms with Crippen LogP contribution in [0, 0.1) is 0 Å². The SMILES string of the molecule is CCN(CC)C(=O)C1=C(C)N=c2s/c(=C/c3ccc(OC(C)C)c(OC)c3)c(=O)n2[C@@H]1c1ccccc1OC. The first-order valence-electron chi connectivity index (χ1n) is 13.0. The lowest BCUT2D eigenvalue weighted by Crippen LogP contribution is -2.43. The third-order valence-electron chi connectivity index (χ3n) is 6.58. The summed E-state index contributed by atoms with van der Waals surface area (Å²) in [6.45, 7) is 10.7. The Balaban J connectivity index is 1.93. The average molecular weight is 550 g/mol. The van der Waals surface area contributed by atoms with Crippen molar-refractivity contribution >= 4 is 23.3 Å². The molecule has 2 aromatic carbocycles. The fourth-order valence-electron chi connectivity index (χ4n) is 4.74. The van der Waals surface area contributed by atoms with Crippen LogP contribution in [0.15, 0.2) is 63.5 Å². The van der Waals surface area contributed by atoms with E-state index in [1.807, 2.05) is 83.2 Å². The summed E-state index contributed by atoms with van der Waals surface area (Å²) in [6.07, 6.45) is 1.82. The first-order valence-corrected chi connectivity index (χ1v) is 13.8. The number of thiazole rings is 1. The van der Waals surface area contributed by atoms with Crippen LogP contribution in [-0.4, -0.2) is 48.8 Å². The van der Waals surface area contributed by atoms with E-state index >= 15 is 0 Å². The topological polar surface area (TPSA) is 82.4 Å². The number of allylic oxidation sites excluding steroid dienone is 1. The summed E-state index contributed by atoms with van der Waals surface area (Å²) in [5.74, 6) is 1.68. The molecule has 0 fully saturated rings. The zero-order valence-electron chi connectivity index (χ0n) is 23.5. The van der Waals surface area contributed by atoms with E-state index in [4.69, 9.17) is 19.2 Å².